The number of hydrogen-bond donors (Lipinski definition) is 1. The molecule has 0 aliphatic rings. The zero-order valence-corrected chi connectivity index (χ0v) is 17.2. The molecule has 0 radical (unpaired) electrons. The number of carbonyl (C=O) groups is 1. The second-order valence-electron chi connectivity index (χ2n) is 6.22. The second-order valence-corrected chi connectivity index (χ2v) is 7.48. The van der Waals surface area contributed by atoms with Crippen LogP contribution in [0.5, 0.6) is 5.75 Å². The van der Waals surface area contributed by atoms with Crippen LogP contribution < -0.4 is 15.6 Å². The number of hydrogen-bond acceptors (Lipinski definition) is 7. The molecule has 1 N–H and O–H groups in total. The average Bonchev–Trinajstić information content (AvgIpc) is 3.29. The minimum absolute atomic E-state index is 0.128. The third-order valence-corrected chi connectivity index (χ3v) is 5.40. The number of fused-ring (bicyclic) bond motifs is 1. The van der Waals surface area contributed by atoms with Crippen molar-refractivity contribution in [1.29, 1.82) is 0 Å². The molecular weight excluding hydrogens is 416 g/mol. The molecule has 0 saturated heterocycles. The Labute approximate surface area is 173 Å². The topological polar surface area (TPSA) is 99.2 Å². The number of amides is 1. The number of ether oxygens (including phenoxy) is 1. The van der Waals surface area contributed by atoms with Crippen molar-refractivity contribution in [2.45, 2.75) is 6.92 Å². The van der Waals surface area contributed by atoms with Crippen LogP contribution in [0.1, 0.15) is 16.1 Å². The average molecular weight is 431 g/mol. The second kappa shape index (κ2) is 7.34. The van der Waals surface area contributed by atoms with Gasteiger partial charge in [0.2, 0.25) is 5.71 Å². The minimum Gasteiger partial charge on any atom is -0.495 e. The van der Waals surface area contributed by atoms with Gasteiger partial charge >= 0.3 is 0 Å². The summed E-state index contributed by atoms with van der Waals surface area (Å²) in [4.78, 5) is 33.8. The van der Waals surface area contributed by atoms with Gasteiger partial charge in [-0.05, 0) is 25.1 Å². The van der Waals surface area contributed by atoms with Gasteiger partial charge in [0.1, 0.15) is 23.2 Å². The molecule has 4 rings (SSSR count). The number of benzene rings is 1. The summed E-state index contributed by atoms with van der Waals surface area (Å²) in [5.41, 5.74) is 1.36. The lowest BCUT2D eigenvalue weighted by atomic mass is 10.1. The van der Waals surface area contributed by atoms with Crippen LogP contribution in [0, 0.1) is 6.92 Å². The van der Waals surface area contributed by atoms with E-state index in [2.05, 4.69) is 15.3 Å². The normalized spacial score (nSPS) is 11.0. The van der Waals surface area contributed by atoms with Crippen LogP contribution in [0.4, 0.5) is 5.13 Å². The zero-order chi connectivity index (χ0) is 20.7. The highest BCUT2D eigenvalue weighted by Gasteiger charge is 2.23. The Morgan fingerprint density at radius 2 is 2.17 bits per heavy atom. The van der Waals surface area contributed by atoms with E-state index in [9.17, 15) is 9.59 Å². The molecule has 8 nitrogen and oxygen atoms in total. The summed E-state index contributed by atoms with van der Waals surface area (Å²) in [7, 11) is 3.10. The fourth-order valence-electron chi connectivity index (χ4n) is 2.91. The predicted molar refractivity (Wildman–Crippen MR) is 111 cm³/mol. The third-order valence-electron chi connectivity index (χ3n) is 4.35. The Morgan fingerprint density at radius 1 is 1.38 bits per heavy atom. The number of aromatic nitrogens is 3. The Balaban J connectivity index is 1.65. The van der Waals surface area contributed by atoms with Gasteiger partial charge in [-0.3, -0.25) is 14.9 Å². The molecule has 10 heteroatoms. The summed E-state index contributed by atoms with van der Waals surface area (Å²) in [5.74, 6) is 0.392. The van der Waals surface area contributed by atoms with E-state index in [0.29, 0.717) is 27.4 Å². The number of thiazole rings is 1. The Kier molecular flexibility index (Phi) is 4.85. The summed E-state index contributed by atoms with van der Waals surface area (Å²) in [5, 5.41) is 5.51. The molecule has 0 atom stereocenters. The van der Waals surface area contributed by atoms with Crippen LogP contribution >= 0.6 is 22.9 Å². The van der Waals surface area contributed by atoms with E-state index >= 15 is 0 Å². The molecule has 0 aliphatic carbocycles. The van der Waals surface area contributed by atoms with Gasteiger partial charge in [-0.2, -0.15) is 0 Å². The smallest absolute Gasteiger partial charge is 0.265 e. The van der Waals surface area contributed by atoms with Gasteiger partial charge in [-0.25, -0.2) is 9.97 Å². The van der Waals surface area contributed by atoms with Crippen LogP contribution in [0.15, 0.2) is 39.1 Å². The van der Waals surface area contributed by atoms with Crippen molar-refractivity contribution in [1.82, 2.24) is 14.5 Å². The number of halogens is 1. The van der Waals surface area contributed by atoms with Gasteiger partial charge in [0.25, 0.3) is 11.5 Å². The lowest BCUT2D eigenvalue weighted by molar-refractivity contribution is 0.102. The van der Waals surface area contributed by atoms with Crippen LogP contribution in [0.2, 0.25) is 5.02 Å². The van der Waals surface area contributed by atoms with Crippen molar-refractivity contribution >= 4 is 45.1 Å². The number of rotatable bonds is 4. The van der Waals surface area contributed by atoms with Gasteiger partial charge < -0.3 is 13.7 Å². The maximum atomic E-state index is 12.8. The molecule has 4 aromatic rings. The number of carbonyl (C=O) groups excluding carboxylic acids is 1. The molecule has 0 spiro atoms. The number of anilines is 1. The monoisotopic (exact) mass is 430 g/mol. The van der Waals surface area contributed by atoms with Crippen molar-refractivity contribution in [2.24, 2.45) is 7.05 Å². The number of aryl methyl sites for hydroxylation is 2. The molecule has 0 saturated carbocycles. The van der Waals surface area contributed by atoms with E-state index in [0.717, 1.165) is 5.56 Å². The summed E-state index contributed by atoms with van der Waals surface area (Å²) in [6.45, 7) is 1.61. The first-order valence-electron chi connectivity index (χ1n) is 8.44. The van der Waals surface area contributed by atoms with Crippen molar-refractivity contribution in [3.8, 4) is 17.0 Å². The Hall–Kier alpha value is -3.17. The molecule has 0 fully saturated rings. The van der Waals surface area contributed by atoms with E-state index in [1.54, 1.807) is 38.6 Å². The maximum Gasteiger partial charge on any atom is 0.265 e. The summed E-state index contributed by atoms with van der Waals surface area (Å²) in [6, 6.07) is 5.32. The van der Waals surface area contributed by atoms with E-state index in [4.69, 9.17) is 20.8 Å². The van der Waals surface area contributed by atoms with Crippen molar-refractivity contribution in [3.63, 3.8) is 0 Å². The maximum absolute atomic E-state index is 12.8. The molecule has 0 aliphatic heterocycles. The highest BCUT2D eigenvalue weighted by Crippen LogP contribution is 2.32. The van der Waals surface area contributed by atoms with Crippen molar-refractivity contribution in [3.05, 3.63) is 56.6 Å². The first-order chi connectivity index (χ1) is 13.9. The fraction of sp³-hybridized carbons (Fsp3) is 0.158. The van der Waals surface area contributed by atoms with Gasteiger partial charge in [0, 0.05) is 18.0 Å². The molecule has 0 bridgehead atoms. The lowest BCUT2D eigenvalue weighted by Gasteiger charge is -2.04. The first kappa shape index (κ1) is 19.2. The van der Waals surface area contributed by atoms with E-state index in [-0.39, 0.29) is 22.2 Å². The molecule has 1 amide bonds. The van der Waals surface area contributed by atoms with Gasteiger partial charge in [0.05, 0.1) is 23.4 Å². The lowest BCUT2D eigenvalue weighted by Crippen LogP contribution is -2.20. The molecule has 1 aromatic carbocycles. The van der Waals surface area contributed by atoms with Crippen LogP contribution in [0.25, 0.3) is 22.4 Å². The van der Waals surface area contributed by atoms with E-state index in [1.165, 1.54) is 22.2 Å². The number of methoxy groups -OCH3 is 1. The minimum atomic E-state index is -0.486. The van der Waals surface area contributed by atoms with E-state index in [1.807, 2.05) is 6.07 Å². The van der Waals surface area contributed by atoms with Crippen LogP contribution in [-0.2, 0) is 7.05 Å². The first-order valence-corrected chi connectivity index (χ1v) is 9.70. The Morgan fingerprint density at radius 3 is 2.90 bits per heavy atom. The summed E-state index contributed by atoms with van der Waals surface area (Å²) in [6.07, 6.45) is 1.35. The number of nitrogens with one attached hydrogen (secondary N) is 1. The standard InChI is InChI=1S/C19H15ClN4O4S/c1-9-14(15-17(28-9)21-8-24(2)18(15)26)16(25)23-19-22-12(7-29-19)10-4-5-13(27-3)11(20)6-10/h4-8H,1-3H3,(H,22,23,25). The Bertz CT molecular complexity index is 1310. The molecule has 148 valence electrons. The molecular formula is C19H15ClN4O4S. The quantitative estimate of drug-likeness (QED) is 0.527. The zero-order valence-electron chi connectivity index (χ0n) is 15.6. The van der Waals surface area contributed by atoms with Crippen molar-refractivity contribution in [2.75, 3.05) is 12.4 Å². The predicted octanol–water partition coefficient (Wildman–Crippen LogP) is 3.87. The molecule has 3 aromatic heterocycles. The molecule has 0 unspecified atom stereocenters. The van der Waals surface area contributed by atoms with E-state index < -0.39 is 5.91 Å². The number of furan rings is 1. The van der Waals surface area contributed by atoms with Gasteiger partial charge in [-0.1, -0.05) is 11.6 Å². The SMILES string of the molecule is COc1ccc(-c2csc(NC(=O)c3c(C)oc4ncn(C)c(=O)c34)n2)cc1Cl. The summed E-state index contributed by atoms with van der Waals surface area (Å²) >= 11 is 7.43. The third kappa shape index (κ3) is 3.39. The highest BCUT2D eigenvalue weighted by molar-refractivity contribution is 7.14. The van der Waals surface area contributed by atoms with Gasteiger partial charge in [0.15, 0.2) is 5.13 Å². The number of nitrogens with zero attached hydrogens (tertiary/aromatic N) is 3. The highest BCUT2D eigenvalue weighted by atomic mass is 35.5. The summed E-state index contributed by atoms with van der Waals surface area (Å²) < 4.78 is 11.9. The molecule has 29 heavy (non-hydrogen) atoms. The van der Waals surface area contributed by atoms with Crippen molar-refractivity contribution < 1.29 is 13.9 Å². The molecule has 3 heterocycles. The fourth-order valence-corrected chi connectivity index (χ4v) is 3.88. The van der Waals surface area contributed by atoms with Crippen LogP contribution in [-0.4, -0.2) is 27.6 Å². The van der Waals surface area contributed by atoms with Crippen LogP contribution in [0.3, 0.4) is 0 Å². The largest absolute Gasteiger partial charge is 0.495 e. The van der Waals surface area contributed by atoms with Gasteiger partial charge in [-0.15, -0.1) is 11.3 Å².